The monoisotopic (exact) mass is 334 g/mol. The summed E-state index contributed by atoms with van der Waals surface area (Å²) in [7, 11) is 0. The minimum Gasteiger partial charge on any atom is -0.360 e. The van der Waals surface area contributed by atoms with Gasteiger partial charge in [0.15, 0.2) is 5.96 Å². The third-order valence-corrected chi connectivity index (χ3v) is 5.38. The van der Waals surface area contributed by atoms with Crippen LogP contribution in [0, 0.1) is 0 Å². The molecule has 0 aromatic carbocycles. The maximum Gasteiger partial charge on any atom is 0.194 e. The maximum atomic E-state index is 4.79. The van der Waals surface area contributed by atoms with Gasteiger partial charge in [-0.1, -0.05) is 0 Å². The van der Waals surface area contributed by atoms with Crippen molar-refractivity contribution in [2.45, 2.75) is 13.5 Å². The van der Waals surface area contributed by atoms with E-state index >= 15 is 0 Å². The lowest BCUT2D eigenvalue weighted by molar-refractivity contribution is 0.373. The van der Waals surface area contributed by atoms with Crippen LogP contribution < -0.4 is 10.2 Å². The van der Waals surface area contributed by atoms with Crippen molar-refractivity contribution in [3.63, 3.8) is 0 Å². The molecule has 1 aliphatic rings. The smallest absolute Gasteiger partial charge is 0.194 e. The summed E-state index contributed by atoms with van der Waals surface area (Å²) in [6.45, 7) is 7.96. The summed E-state index contributed by atoms with van der Waals surface area (Å²) in [4.78, 5) is 9.63. The first kappa shape index (κ1) is 15.4. The highest BCUT2D eigenvalue weighted by Crippen LogP contribution is 2.22. The fraction of sp³-hybridized carbons (Fsp3) is 0.438. The Morgan fingerprint density at radius 2 is 2.09 bits per heavy atom. The van der Waals surface area contributed by atoms with Crippen LogP contribution >= 0.6 is 22.7 Å². The van der Waals surface area contributed by atoms with Gasteiger partial charge in [0.25, 0.3) is 0 Å². The summed E-state index contributed by atoms with van der Waals surface area (Å²) in [6.07, 6.45) is 0. The van der Waals surface area contributed by atoms with Crippen LogP contribution in [0.3, 0.4) is 0 Å². The van der Waals surface area contributed by atoms with Crippen LogP contribution in [0.15, 0.2) is 39.3 Å². The quantitative estimate of drug-likeness (QED) is 0.688. The van der Waals surface area contributed by atoms with Gasteiger partial charge in [-0.05, 0) is 46.8 Å². The van der Waals surface area contributed by atoms with Gasteiger partial charge in [0.1, 0.15) is 0 Å². The Morgan fingerprint density at radius 3 is 2.73 bits per heavy atom. The molecule has 0 atom stereocenters. The van der Waals surface area contributed by atoms with E-state index in [9.17, 15) is 0 Å². The van der Waals surface area contributed by atoms with E-state index in [0.29, 0.717) is 0 Å². The molecule has 4 nitrogen and oxygen atoms in total. The normalized spacial score (nSPS) is 16.1. The molecule has 1 N–H and O–H groups in total. The van der Waals surface area contributed by atoms with E-state index in [2.05, 4.69) is 56.4 Å². The molecule has 0 unspecified atom stereocenters. The van der Waals surface area contributed by atoms with Crippen molar-refractivity contribution in [1.82, 2.24) is 10.2 Å². The Kier molecular flexibility index (Phi) is 5.34. The first-order valence-corrected chi connectivity index (χ1v) is 9.52. The van der Waals surface area contributed by atoms with Gasteiger partial charge in [-0.15, -0.1) is 11.3 Å². The van der Waals surface area contributed by atoms with E-state index in [1.165, 1.54) is 10.6 Å². The van der Waals surface area contributed by atoms with Gasteiger partial charge in [0, 0.05) is 32.7 Å². The number of nitrogens with one attached hydrogen (secondary N) is 1. The fourth-order valence-corrected chi connectivity index (χ4v) is 4.01. The highest BCUT2D eigenvalue weighted by Gasteiger charge is 2.20. The van der Waals surface area contributed by atoms with Gasteiger partial charge in [-0.3, -0.25) is 0 Å². The summed E-state index contributed by atoms with van der Waals surface area (Å²) in [6, 6.07) is 6.47. The Labute approximate surface area is 140 Å². The van der Waals surface area contributed by atoms with E-state index in [1.54, 1.807) is 11.3 Å². The van der Waals surface area contributed by atoms with Crippen LogP contribution in [0.1, 0.15) is 12.5 Å². The molecule has 22 heavy (non-hydrogen) atoms. The highest BCUT2D eigenvalue weighted by atomic mass is 32.1. The van der Waals surface area contributed by atoms with Gasteiger partial charge in [-0.25, -0.2) is 4.99 Å². The first-order chi connectivity index (χ1) is 10.9. The lowest BCUT2D eigenvalue weighted by Gasteiger charge is -2.37. The van der Waals surface area contributed by atoms with E-state index in [0.717, 1.165) is 45.2 Å². The molecule has 0 amide bonds. The third-order valence-electron chi connectivity index (χ3n) is 3.72. The van der Waals surface area contributed by atoms with Crippen molar-refractivity contribution in [3.8, 4) is 0 Å². The van der Waals surface area contributed by atoms with Crippen molar-refractivity contribution < 1.29 is 0 Å². The zero-order valence-electron chi connectivity index (χ0n) is 12.9. The number of hydrogen-bond acceptors (Lipinski definition) is 4. The molecule has 0 spiro atoms. The van der Waals surface area contributed by atoms with Gasteiger partial charge < -0.3 is 15.1 Å². The number of piperazine rings is 1. The molecule has 1 saturated heterocycles. The number of anilines is 1. The molecule has 0 saturated carbocycles. The molecular weight excluding hydrogens is 312 g/mol. The van der Waals surface area contributed by atoms with E-state index < -0.39 is 0 Å². The molecule has 2 aromatic rings. The predicted octanol–water partition coefficient (Wildman–Crippen LogP) is 3.10. The topological polar surface area (TPSA) is 30.9 Å². The molecular formula is C16H22N4S2. The predicted molar refractivity (Wildman–Crippen MR) is 97.2 cm³/mol. The van der Waals surface area contributed by atoms with Crippen molar-refractivity contribution in [1.29, 1.82) is 0 Å². The number of aliphatic imine (C=N–C) groups is 1. The van der Waals surface area contributed by atoms with Crippen molar-refractivity contribution >= 4 is 33.6 Å². The summed E-state index contributed by atoms with van der Waals surface area (Å²) >= 11 is 3.55. The minimum atomic E-state index is 0.761. The van der Waals surface area contributed by atoms with Crippen LogP contribution in [0.25, 0.3) is 0 Å². The molecule has 0 radical (unpaired) electrons. The number of rotatable bonds is 4. The average molecular weight is 335 g/mol. The largest absolute Gasteiger partial charge is 0.360 e. The third kappa shape index (κ3) is 3.81. The minimum absolute atomic E-state index is 0.761. The zero-order valence-corrected chi connectivity index (χ0v) is 14.5. The van der Waals surface area contributed by atoms with Gasteiger partial charge in [0.05, 0.1) is 11.5 Å². The lowest BCUT2D eigenvalue weighted by Crippen LogP contribution is -2.52. The van der Waals surface area contributed by atoms with Crippen molar-refractivity contribution in [2.24, 2.45) is 4.99 Å². The number of thiophene rings is 2. The van der Waals surface area contributed by atoms with E-state index in [1.807, 2.05) is 11.3 Å². The van der Waals surface area contributed by atoms with Crippen LogP contribution in [0.2, 0.25) is 0 Å². The molecule has 6 heteroatoms. The van der Waals surface area contributed by atoms with Crippen LogP contribution in [0.5, 0.6) is 0 Å². The second-order valence-corrected chi connectivity index (χ2v) is 6.93. The maximum absolute atomic E-state index is 4.79. The highest BCUT2D eigenvalue weighted by molar-refractivity contribution is 7.14. The van der Waals surface area contributed by atoms with Crippen LogP contribution in [-0.4, -0.2) is 43.6 Å². The molecule has 2 aromatic heterocycles. The van der Waals surface area contributed by atoms with E-state index in [-0.39, 0.29) is 0 Å². The van der Waals surface area contributed by atoms with Crippen LogP contribution in [-0.2, 0) is 6.54 Å². The van der Waals surface area contributed by atoms with E-state index in [4.69, 9.17) is 4.99 Å². The molecule has 1 aliphatic heterocycles. The van der Waals surface area contributed by atoms with Crippen molar-refractivity contribution in [2.75, 3.05) is 37.6 Å². The fourth-order valence-electron chi connectivity index (χ4n) is 2.56. The Hall–Kier alpha value is -1.53. The summed E-state index contributed by atoms with van der Waals surface area (Å²) in [5.41, 5.74) is 1.29. The second kappa shape index (κ2) is 7.65. The zero-order chi connectivity index (χ0) is 15.2. The van der Waals surface area contributed by atoms with Gasteiger partial charge >= 0.3 is 0 Å². The number of hydrogen-bond donors (Lipinski definition) is 1. The van der Waals surface area contributed by atoms with Gasteiger partial charge in [0.2, 0.25) is 0 Å². The Balaban J connectivity index is 1.59. The summed E-state index contributed by atoms with van der Waals surface area (Å²) < 4.78 is 0. The number of guanidine groups is 1. The molecule has 3 rings (SSSR count). The average Bonchev–Trinajstić information content (AvgIpc) is 3.25. The molecule has 0 aliphatic carbocycles. The first-order valence-electron chi connectivity index (χ1n) is 7.69. The Bertz CT molecular complexity index is 569. The summed E-state index contributed by atoms with van der Waals surface area (Å²) in [5, 5.41) is 11.2. The summed E-state index contributed by atoms with van der Waals surface area (Å²) in [5.74, 6) is 1.04. The standard InChI is InChI=1S/C16H22N4S2/c1-2-17-16(18-12-14-5-11-21-13-14)20-8-6-19(7-9-20)15-4-3-10-22-15/h3-5,10-11,13H,2,6-9,12H2,1H3,(H,17,18). The molecule has 0 bridgehead atoms. The molecule has 3 heterocycles. The SMILES string of the molecule is CCNC(=NCc1ccsc1)N1CCN(c2cccs2)CC1. The number of nitrogens with zero attached hydrogens (tertiary/aromatic N) is 3. The second-order valence-electron chi connectivity index (χ2n) is 5.23. The molecule has 118 valence electrons. The lowest BCUT2D eigenvalue weighted by atomic mass is 10.3. The van der Waals surface area contributed by atoms with Crippen molar-refractivity contribution in [3.05, 3.63) is 39.9 Å². The molecule has 1 fully saturated rings. The Morgan fingerprint density at radius 1 is 1.23 bits per heavy atom. The van der Waals surface area contributed by atoms with Crippen LogP contribution in [0.4, 0.5) is 5.00 Å². The van der Waals surface area contributed by atoms with Gasteiger partial charge in [-0.2, -0.15) is 11.3 Å².